The molecular formula is C29H37FN6O4S. The number of benzene rings is 2. The molecule has 4 rings (SSSR count). The lowest BCUT2D eigenvalue weighted by Crippen LogP contribution is -2.49. The second-order valence-corrected chi connectivity index (χ2v) is 10.6. The molecule has 220 valence electrons. The third-order valence-corrected chi connectivity index (χ3v) is 7.65. The van der Waals surface area contributed by atoms with Gasteiger partial charge in [0.25, 0.3) is 0 Å². The summed E-state index contributed by atoms with van der Waals surface area (Å²) in [5.41, 5.74) is 7.99. The number of nitrogens with one attached hydrogen (secondary N) is 2. The molecule has 2 aromatic rings. The zero-order valence-corrected chi connectivity index (χ0v) is 24.1. The third kappa shape index (κ3) is 8.14. The molecule has 0 unspecified atom stereocenters. The largest absolute Gasteiger partial charge is 0.442 e. The molecule has 2 aromatic carbocycles. The fourth-order valence-corrected chi connectivity index (χ4v) is 4.96. The number of halogens is 1. The number of carbonyl (C=O) groups excluding carboxylic acids is 3. The minimum atomic E-state index is -0.508. The van der Waals surface area contributed by atoms with Crippen molar-refractivity contribution in [3.63, 3.8) is 0 Å². The Kier molecular flexibility index (Phi) is 10.5. The summed E-state index contributed by atoms with van der Waals surface area (Å²) in [5.74, 6) is -0.576. The number of rotatable bonds is 11. The molecule has 0 aromatic heterocycles. The van der Waals surface area contributed by atoms with Gasteiger partial charge in [0.15, 0.2) is 0 Å². The molecule has 0 aliphatic carbocycles. The summed E-state index contributed by atoms with van der Waals surface area (Å²) in [6, 6.07) is 12.3. The Balaban J connectivity index is 1.22. The molecule has 3 amide bonds. The van der Waals surface area contributed by atoms with Crippen molar-refractivity contribution >= 4 is 52.2 Å². The summed E-state index contributed by atoms with van der Waals surface area (Å²) < 4.78 is 20.5. The lowest BCUT2D eigenvalue weighted by molar-refractivity contribution is -0.131. The minimum absolute atomic E-state index is 0.0650. The van der Waals surface area contributed by atoms with Crippen LogP contribution in [0.3, 0.4) is 0 Å². The highest BCUT2D eigenvalue weighted by molar-refractivity contribution is 7.80. The van der Waals surface area contributed by atoms with Crippen LogP contribution in [0.15, 0.2) is 42.5 Å². The molecule has 2 aliphatic rings. The van der Waals surface area contributed by atoms with Gasteiger partial charge in [0.1, 0.15) is 11.9 Å². The Hall–Kier alpha value is -3.77. The molecule has 4 N–H and O–H groups in total. The van der Waals surface area contributed by atoms with Crippen LogP contribution >= 0.6 is 12.2 Å². The Labute approximate surface area is 245 Å². The molecule has 41 heavy (non-hydrogen) atoms. The molecule has 0 bridgehead atoms. The first-order chi connectivity index (χ1) is 19.8. The van der Waals surface area contributed by atoms with E-state index in [0.29, 0.717) is 80.6 Å². The number of hydrogen-bond acceptors (Lipinski definition) is 7. The molecule has 10 nitrogen and oxygen atoms in total. The molecule has 2 heterocycles. The summed E-state index contributed by atoms with van der Waals surface area (Å²) >= 11 is 5.16. The maximum absolute atomic E-state index is 15.1. The summed E-state index contributed by atoms with van der Waals surface area (Å²) in [6.45, 7) is 4.69. The molecule has 0 saturated carbocycles. The highest BCUT2D eigenvalue weighted by Gasteiger charge is 2.33. The molecular weight excluding hydrogens is 547 g/mol. The van der Waals surface area contributed by atoms with Gasteiger partial charge in [-0.15, -0.1) is 0 Å². The maximum atomic E-state index is 15.1. The highest BCUT2D eigenvalue weighted by Crippen LogP contribution is 2.28. The van der Waals surface area contributed by atoms with Crippen molar-refractivity contribution in [3.8, 4) is 0 Å². The molecule has 1 atom stereocenters. The zero-order valence-electron chi connectivity index (χ0n) is 23.2. The third-order valence-electron chi connectivity index (χ3n) is 7.22. The number of nitrogens with two attached hydrogens (primary N) is 1. The first kappa shape index (κ1) is 30.2. The van der Waals surface area contributed by atoms with E-state index in [9.17, 15) is 14.4 Å². The number of anilines is 3. The van der Waals surface area contributed by atoms with Gasteiger partial charge in [0.05, 0.1) is 36.0 Å². The number of carbonyl (C=O) groups is 3. The van der Waals surface area contributed by atoms with Crippen molar-refractivity contribution in [3.05, 3.63) is 53.8 Å². The topological polar surface area (TPSA) is 120 Å². The number of thiocarbonyl (C=S) groups is 1. The van der Waals surface area contributed by atoms with Gasteiger partial charge in [-0.05, 0) is 55.2 Å². The van der Waals surface area contributed by atoms with Crippen LogP contribution in [-0.4, -0.2) is 79.7 Å². The average Bonchev–Trinajstić information content (AvgIpc) is 3.36. The number of aryl methyl sites for hydroxylation is 1. The minimum Gasteiger partial charge on any atom is -0.442 e. The highest BCUT2D eigenvalue weighted by atomic mass is 32.1. The van der Waals surface area contributed by atoms with E-state index in [1.54, 1.807) is 12.1 Å². The van der Waals surface area contributed by atoms with Crippen LogP contribution in [0.5, 0.6) is 0 Å². The number of ether oxygens (including phenoxy) is 1. The summed E-state index contributed by atoms with van der Waals surface area (Å²) in [7, 11) is 0. The lowest BCUT2D eigenvalue weighted by Gasteiger charge is -2.36. The van der Waals surface area contributed by atoms with Crippen LogP contribution < -0.4 is 26.2 Å². The van der Waals surface area contributed by atoms with Gasteiger partial charge < -0.3 is 30.9 Å². The van der Waals surface area contributed by atoms with Gasteiger partial charge >= 0.3 is 6.09 Å². The maximum Gasteiger partial charge on any atom is 0.414 e. The van der Waals surface area contributed by atoms with Crippen LogP contribution in [0.25, 0.3) is 0 Å². The van der Waals surface area contributed by atoms with Crippen molar-refractivity contribution in [1.29, 1.82) is 0 Å². The first-order valence-corrected chi connectivity index (χ1v) is 14.3. The Bertz CT molecular complexity index is 1250. The molecule has 12 heteroatoms. The Morgan fingerprint density at radius 3 is 2.51 bits per heavy atom. The molecule has 2 fully saturated rings. The van der Waals surface area contributed by atoms with Gasteiger partial charge in [0.2, 0.25) is 11.8 Å². The quantitative estimate of drug-likeness (QED) is 0.345. The second kappa shape index (κ2) is 14.2. The summed E-state index contributed by atoms with van der Waals surface area (Å²) in [5, 5.41) is 5.78. The van der Waals surface area contributed by atoms with Crippen LogP contribution in [0.1, 0.15) is 31.7 Å². The van der Waals surface area contributed by atoms with Crippen LogP contribution in [-0.2, 0) is 20.7 Å². The van der Waals surface area contributed by atoms with E-state index in [0.717, 1.165) is 12.0 Å². The van der Waals surface area contributed by atoms with E-state index < -0.39 is 11.9 Å². The van der Waals surface area contributed by atoms with E-state index in [-0.39, 0.29) is 24.5 Å². The zero-order chi connectivity index (χ0) is 29.4. The molecule has 2 saturated heterocycles. The molecule has 0 radical (unpaired) electrons. The van der Waals surface area contributed by atoms with Gasteiger partial charge in [-0.1, -0.05) is 31.3 Å². The van der Waals surface area contributed by atoms with E-state index >= 15 is 4.39 Å². The number of nitrogens with zero attached hydrogens (tertiary/aromatic N) is 3. The van der Waals surface area contributed by atoms with Crippen molar-refractivity contribution in [2.75, 3.05) is 60.9 Å². The Morgan fingerprint density at radius 1 is 1.12 bits per heavy atom. The van der Waals surface area contributed by atoms with Gasteiger partial charge in [-0.25, -0.2) is 9.18 Å². The number of hydrogen-bond donors (Lipinski definition) is 3. The lowest BCUT2D eigenvalue weighted by atomic mass is 10.1. The SMILES string of the molecule is CCC(=S)NC[C@H]1CN(c2ccc(N3CCN(C(=O)CCCc4ccc(NC(=O)CN)cc4)CC3)c(F)c2)C(=O)O1. The first-order valence-electron chi connectivity index (χ1n) is 13.9. The van der Waals surface area contributed by atoms with Gasteiger partial charge in [-0.2, -0.15) is 0 Å². The second-order valence-electron chi connectivity index (χ2n) is 10.1. The average molecular weight is 585 g/mol. The smallest absolute Gasteiger partial charge is 0.414 e. The fourth-order valence-electron chi connectivity index (χ4n) is 4.88. The van der Waals surface area contributed by atoms with Gasteiger partial charge in [0, 0.05) is 38.3 Å². The summed E-state index contributed by atoms with van der Waals surface area (Å²) in [4.78, 5) is 42.4. The summed E-state index contributed by atoms with van der Waals surface area (Å²) in [6.07, 6.45) is 1.74. The normalized spacial score (nSPS) is 16.9. The van der Waals surface area contributed by atoms with E-state index in [1.807, 2.05) is 41.0 Å². The Morgan fingerprint density at radius 2 is 1.85 bits per heavy atom. The van der Waals surface area contributed by atoms with Gasteiger partial charge in [-0.3, -0.25) is 14.5 Å². The van der Waals surface area contributed by atoms with E-state index in [2.05, 4.69) is 10.6 Å². The van der Waals surface area contributed by atoms with E-state index in [1.165, 1.54) is 11.0 Å². The molecule has 0 spiro atoms. The van der Waals surface area contributed by atoms with Crippen molar-refractivity contribution in [2.24, 2.45) is 5.73 Å². The van der Waals surface area contributed by atoms with Crippen LogP contribution in [0.4, 0.5) is 26.2 Å². The monoisotopic (exact) mass is 584 g/mol. The van der Waals surface area contributed by atoms with E-state index in [4.69, 9.17) is 22.7 Å². The number of piperazine rings is 1. The van der Waals surface area contributed by atoms with Crippen LogP contribution in [0.2, 0.25) is 0 Å². The fraction of sp³-hybridized carbons (Fsp3) is 0.448. The predicted molar refractivity (Wildman–Crippen MR) is 161 cm³/mol. The van der Waals surface area contributed by atoms with Crippen LogP contribution in [0, 0.1) is 5.82 Å². The predicted octanol–water partition coefficient (Wildman–Crippen LogP) is 3.05. The molecule has 2 aliphatic heterocycles. The standard InChI is InChI=1S/C29H37FN6O4S/c1-2-27(41)32-18-23-19-36(29(39)40-23)22-10-11-25(24(30)16-22)34-12-14-35(15-13-34)28(38)5-3-4-20-6-8-21(9-7-20)33-26(37)17-31/h6-11,16,23H,2-5,12-15,17-19,31H2,1H3,(H,32,41)(H,33,37)/t23-/m0/s1. The van der Waals surface area contributed by atoms with Crippen molar-refractivity contribution < 1.29 is 23.5 Å². The number of amides is 3. The van der Waals surface area contributed by atoms with Crippen molar-refractivity contribution in [1.82, 2.24) is 10.2 Å². The number of cyclic esters (lactones) is 1. The van der Waals surface area contributed by atoms with Crippen molar-refractivity contribution in [2.45, 2.75) is 38.7 Å².